The summed E-state index contributed by atoms with van der Waals surface area (Å²) in [6.07, 6.45) is 4.05. The Morgan fingerprint density at radius 2 is 2.18 bits per heavy atom. The molecule has 1 aliphatic rings. The maximum atomic E-state index is 12.4. The van der Waals surface area contributed by atoms with E-state index in [1.807, 2.05) is 11.9 Å². The lowest BCUT2D eigenvalue weighted by Gasteiger charge is -2.38. The molecule has 1 aromatic rings. The molecule has 0 aliphatic carbocycles. The number of likely N-dealkylation sites (tertiary alicyclic amines) is 1. The summed E-state index contributed by atoms with van der Waals surface area (Å²) in [4.78, 5) is 14.3. The van der Waals surface area contributed by atoms with Crippen molar-refractivity contribution in [3.05, 3.63) is 18.0 Å². The van der Waals surface area contributed by atoms with Gasteiger partial charge in [-0.25, -0.2) is 0 Å². The zero-order valence-electron chi connectivity index (χ0n) is 10.9. The molecule has 0 radical (unpaired) electrons. The molecule has 1 aliphatic heterocycles. The first-order valence-corrected chi connectivity index (χ1v) is 6.10. The van der Waals surface area contributed by atoms with Crippen molar-refractivity contribution in [2.75, 3.05) is 18.8 Å². The van der Waals surface area contributed by atoms with Gasteiger partial charge in [0.25, 0.3) is 5.91 Å². The third-order valence-electron chi connectivity index (χ3n) is 3.43. The zero-order chi connectivity index (χ0) is 12.6. The number of amides is 1. The third-order valence-corrected chi connectivity index (χ3v) is 3.43. The molecular weight excluding hydrogens is 214 g/mol. The van der Waals surface area contributed by atoms with Crippen molar-refractivity contribution in [1.29, 1.82) is 0 Å². The van der Waals surface area contributed by atoms with E-state index in [4.69, 9.17) is 5.73 Å². The van der Waals surface area contributed by atoms with Crippen molar-refractivity contribution in [2.45, 2.75) is 26.7 Å². The summed E-state index contributed by atoms with van der Waals surface area (Å²) < 4.78 is 1.80. The first-order chi connectivity index (χ1) is 7.89. The lowest BCUT2D eigenvalue weighted by molar-refractivity contribution is 0.0574. The van der Waals surface area contributed by atoms with Crippen molar-refractivity contribution < 1.29 is 4.79 Å². The SMILES string of the molecule is Cn1cc(N)cc1C(=O)N1CCCC(C)(C)C1. The first-order valence-electron chi connectivity index (χ1n) is 6.10. The van der Waals surface area contributed by atoms with Gasteiger partial charge in [-0.2, -0.15) is 0 Å². The Balaban J connectivity index is 2.18. The van der Waals surface area contributed by atoms with Crippen LogP contribution in [0.5, 0.6) is 0 Å². The molecule has 2 N–H and O–H groups in total. The van der Waals surface area contributed by atoms with Gasteiger partial charge in [-0.15, -0.1) is 0 Å². The van der Waals surface area contributed by atoms with Gasteiger partial charge in [-0.05, 0) is 24.3 Å². The normalized spacial score (nSPS) is 19.4. The second-order valence-electron chi connectivity index (χ2n) is 5.76. The Labute approximate surface area is 102 Å². The number of anilines is 1. The van der Waals surface area contributed by atoms with E-state index in [-0.39, 0.29) is 11.3 Å². The minimum atomic E-state index is 0.0944. The standard InChI is InChI=1S/C13H21N3O/c1-13(2)5-4-6-16(9-13)12(17)11-7-10(14)8-15(11)3/h7-8H,4-6,9,14H2,1-3H3. The van der Waals surface area contributed by atoms with E-state index < -0.39 is 0 Å². The lowest BCUT2D eigenvalue weighted by atomic mass is 9.84. The van der Waals surface area contributed by atoms with Crippen LogP contribution < -0.4 is 5.73 Å². The molecule has 0 aromatic carbocycles. The van der Waals surface area contributed by atoms with E-state index in [9.17, 15) is 4.79 Å². The maximum Gasteiger partial charge on any atom is 0.270 e. The Morgan fingerprint density at radius 1 is 1.47 bits per heavy atom. The topological polar surface area (TPSA) is 51.3 Å². The smallest absolute Gasteiger partial charge is 0.270 e. The summed E-state index contributed by atoms with van der Waals surface area (Å²) in [7, 11) is 1.86. The fraction of sp³-hybridized carbons (Fsp3) is 0.615. The summed E-state index contributed by atoms with van der Waals surface area (Å²) in [5.41, 5.74) is 7.26. The average molecular weight is 235 g/mol. The molecule has 0 spiro atoms. The number of carbonyl (C=O) groups excluding carboxylic acids is 1. The molecule has 0 atom stereocenters. The van der Waals surface area contributed by atoms with E-state index in [0.717, 1.165) is 19.5 Å². The Bertz CT molecular complexity index is 434. The minimum absolute atomic E-state index is 0.0944. The van der Waals surface area contributed by atoms with Crippen LogP contribution in [0.2, 0.25) is 0 Å². The molecule has 0 saturated carbocycles. The lowest BCUT2D eigenvalue weighted by Crippen LogP contribution is -2.44. The average Bonchev–Trinajstić information content (AvgIpc) is 2.55. The number of rotatable bonds is 1. The highest BCUT2D eigenvalue weighted by atomic mass is 16.2. The van der Waals surface area contributed by atoms with Crippen LogP contribution in [0.1, 0.15) is 37.2 Å². The van der Waals surface area contributed by atoms with Gasteiger partial charge in [-0.1, -0.05) is 13.8 Å². The monoisotopic (exact) mass is 235 g/mol. The second-order valence-corrected chi connectivity index (χ2v) is 5.76. The van der Waals surface area contributed by atoms with E-state index in [2.05, 4.69) is 13.8 Å². The number of aromatic nitrogens is 1. The Hall–Kier alpha value is -1.45. The second kappa shape index (κ2) is 4.09. The van der Waals surface area contributed by atoms with Crippen LogP contribution in [0, 0.1) is 5.41 Å². The minimum Gasteiger partial charge on any atom is -0.397 e. The van der Waals surface area contributed by atoms with E-state index in [1.165, 1.54) is 6.42 Å². The molecule has 94 valence electrons. The number of nitrogens with two attached hydrogens (primary N) is 1. The van der Waals surface area contributed by atoms with Crippen LogP contribution in [-0.4, -0.2) is 28.5 Å². The van der Waals surface area contributed by atoms with Gasteiger partial charge in [0.1, 0.15) is 5.69 Å². The molecule has 0 unspecified atom stereocenters. The highest BCUT2D eigenvalue weighted by molar-refractivity contribution is 5.93. The molecule has 1 aromatic heterocycles. The van der Waals surface area contributed by atoms with E-state index in [1.54, 1.807) is 16.8 Å². The van der Waals surface area contributed by atoms with E-state index in [0.29, 0.717) is 11.4 Å². The van der Waals surface area contributed by atoms with E-state index >= 15 is 0 Å². The first kappa shape index (κ1) is 12.0. The molecule has 0 bridgehead atoms. The molecular formula is C13H21N3O. The highest BCUT2D eigenvalue weighted by Crippen LogP contribution is 2.29. The van der Waals surface area contributed by atoms with Gasteiger partial charge in [0.05, 0.1) is 5.69 Å². The number of aryl methyl sites for hydroxylation is 1. The van der Waals surface area contributed by atoms with Gasteiger partial charge in [-0.3, -0.25) is 4.79 Å². The number of hydrogen-bond donors (Lipinski definition) is 1. The van der Waals surface area contributed by atoms with Gasteiger partial charge in [0.2, 0.25) is 0 Å². The molecule has 17 heavy (non-hydrogen) atoms. The molecule has 1 amide bonds. The van der Waals surface area contributed by atoms with Crippen molar-refractivity contribution in [1.82, 2.24) is 9.47 Å². The van der Waals surface area contributed by atoms with Gasteiger partial charge < -0.3 is 15.2 Å². The van der Waals surface area contributed by atoms with Crippen LogP contribution in [0.4, 0.5) is 5.69 Å². The third kappa shape index (κ3) is 2.46. The fourth-order valence-corrected chi connectivity index (χ4v) is 2.56. The van der Waals surface area contributed by atoms with Crippen molar-refractivity contribution in [3.63, 3.8) is 0 Å². The number of piperidine rings is 1. The van der Waals surface area contributed by atoms with Crippen LogP contribution in [-0.2, 0) is 7.05 Å². The summed E-state index contributed by atoms with van der Waals surface area (Å²) in [6, 6.07) is 1.75. The molecule has 2 heterocycles. The quantitative estimate of drug-likeness (QED) is 0.808. The number of hydrogen-bond acceptors (Lipinski definition) is 2. The summed E-state index contributed by atoms with van der Waals surface area (Å²) in [6.45, 7) is 6.11. The fourth-order valence-electron chi connectivity index (χ4n) is 2.56. The molecule has 1 fully saturated rings. The molecule has 4 heteroatoms. The Kier molecular flexibility index (Phi) is 2.89. The number of nitrogens with zero attached hydrogens (tertiary/aromatic N) is 2. The van der Waals surface area contributed by atoms with Crippen LogP contribution >= 0.6 is 0 Å². The maximum absolute atomic E-state index is 12.4. The number of carbonyl (C=O) groups is 1. The van der Waals surface area contributed by atoms with Gasteiger partial charge >= 0.3 is 0 Å². The molecule has 2 rings (SSSR count). The largest absolute Gasteiger partial charge is 0.397 e. The van der Waals surface area contributed by atoms with Gasteiger partial charge in [0.15, 0.2) is 0 Å². The van der Waals surface area contributed by atoms with Crippen molar-refractivity contribution in [3.8, 4) is 0 Å². The van der Waals surface area contributed by atoms with Crippen LogP contribution in [0.15, 0.2) is 12.3 Å². The zero-order valence-corrected chi connectivity index (χ0v) is 10.9. The Morgan fingerprint density at radius 3 is 2.71 bits per heavy atom. The van der Waals surface area contributed by atoms with Crippen LogP contribution in [0.3, 0.4) is 0 Å². The van der Waals surface area contributed by atoms with Crippen LogP contribution in [0.25, 0.3) is 0 Å². The van der Waals surface area contributed by atoms with Gasteiger partial charge in [0, 0.05) is 26.3 Å². The van der Waals surface area contributed by atoms with Crippen molar-refractivity contribution in [2.24, 2.45) is 12.5 Å². The molecule has 4 nitrogen and oxygen atoms in total. The van der Waals surface area contributed by atoms with Crippen molar-refractivity contribution >= 4 is 11.6 Å². The predicted molar refractivity (Wildman–Crippen MR) is 68.7 cm³/mol. The predicted octanol–water partition coefficient (Wildman–Crippen LogP) is 1.87. The summed E-state index contributed by atoms with van der Waals surface area (Å²) >= 11 is 0. The summed E-state index contributed by atoms with van der Waals surface area (Å²) in [5.74, 6) is 0.0944. The molecule has 1 saturated heterocycles. The summed E-state index contributed by atoms with van der Waals surface area (Å²) in [5, 5.41) is 0. The number of nitrogen functional groups attached to an aromatic ring is 1. The highest BCUT2D eigenvalue weighted by Gasteiger charge is 2.30.